The summed E-state index contributed by atoms with van der Waals surface area (Å²) in [6, 6.07) is 17.1. The second-order valence-electron chi connectivity index (χ2n) is 7.98. The Morgan fingerprint density at radius 1 is 1.06 bits per heavy atom. The van der Waals surface area contributed by atoms with E-state index in [-0.39, 0.29) is 12.0 Å². The van der Waals surface area contributed by atoms with Crippen LogP contribution in [0.5, 0.6) is 0 Å². The van der Waals surface area contributed by atoms with Crippen molar-refractivity contribution in [3.63, 3.8) is 0 Å². The minimum atomic E-state index is -0.434. The Morgan fingerprint density at radius 2 is 1.82 bits per heavy atom. The normalized spacial score (nSPS) is 11.1. The molecule has 0 fully saturated rings. The van der Waals surface area contributed by atoms with Crippen molar-refractivity contribution in [3.8, 4) is 11.3 Å². The minimum absolute atomic E-state index is 0.252. The summed E-state index contributed by atoms with van der Waals surface area (Å²) in [5, 5.41) is 4.20. The Labute approximate surface area is 204 Å². The number of aromatic nitrogens is 1. The number of benzene rings is 2. The molecule has 0 radical (unpaired) electrons. The smallest absolute Gasteiger partial charge is 0.341 e. The summed E-state index contributed by atoms with van der Waals surface area (Å²) in [6.07, 6.45) is -0.252. The number of hydrogen-bond donors (Lipinski definition) is 1. The van der Waals surface area contributed by atoms with Crippen LogP contribution in [-0.4, -0.2) is 23.0 Å². The highest BCUT2D eigenvalue weighted by Gasteiger charge is 2.24. The zero-order valence-electron chi connectivity index (χ0n) is 18.7. The number of hydrogen-bond acceptors (Lipinski definition) is 5. The largest absolute Gasteiger partial charge is 0.459 e. The fraction of sp³-hybridized carbons (Fsp3) is 0.192. The Bertz CT molecular complexity index is 1380. The molecule has 0 aliphatic heterocycles. The molecule has 2 aromatic heterocycles. The average molecular weight is 523 g/mol. The number of amides is 1. The van der Waals surface area contributed by atoms with Crippen molar-refractivity contribution in [2.45, 2.75) is 33.8 Å². The second-order valence-corrected chi connectivity index (χ2v) is 10.1. The highest BCUT2D eigenvalue weighted by molar-refractivity contribution is 9.10. The lowest BCUT2D eigenvalue weighted by Crippen LogP contribution is -2.17. The van der Waals surface area contributed by atoms with Crippen LogP contribution in [0.2, 0.25) is 0 Å². The molecule has 0 aliphatic rings. The first-order chi connectivity index (χ1) is 15.7. The van der Waals surface area contributed by atoms with Crippen molar-refractivity contribution in [1.82, 2.24) is 4.98 Å². The molecule has 168 valence electrons. The van der Waals surface area contributed by atoms with Crippen LogP contribution in [0.15, 0.2) is 59.1 Å². The van der Waals surface area contributed by atoms with Crippen LogP contribution in [0.25, 0.3) is 22.2 Å². The van der Waals surface area contributed by atoms with Crippen LogP contribution in [0.4, 0.5) is 5.00 Å². The Hall–Kier alpha value is -3.03. The number of halogens is 1. The molecule has 0 aliphatic carbocycles. The summed E-state index contributed by atoms with van der Waals surface area (Å²) >= 11 is 4.87. The third-order valence-corrected chi connectivity index (χ3v) is 6.86. The zero-order valence-corrected chi connectivity index (χ0v) is 21.1. The molecule has 0 atom stereocenters. The summed E-state index contributed by atoms with van der Waals surface area (Å²) in [7, 11) is 0. The van der Waals surface area contributed by atoms with E-state index in [1.54, 1.807) is 19.9 Å². The lowest BCUT2D eigenvalue weighted by molar-refractivity contribution is 0.0379. The van der Waals surface area contributed by atoms with E-state index in [0.717, 1.165) is 31.4 Å². The summed E-state index contributed by atoms with van der Waals surface area (Å²) in [6.45, 7) is 7.40. The molecule has 0 saturated carbocycles. The number of carbonyl (C=O) groups excluding carboxylic acids is 2. The van der Waals surface area contributed by atoms with Crippen LogP contribution in [0.3, 0.4) is 0 Å². The van der Waals surface area contributed by atoms with E-state index >= 15 is 0 Å². The van der Waals surface area contributed by atoms with Crippen LogP contribution >= 0.6 is 27.3 Å². The van der Waals surface area contributed by atoms with Gasteiger partial charge in [0.05, 0.1) is 28.4 Å². The van der Waals surface area contributed by atoms with Gasteiger partial charge in [-0.25, -0.2) is 9.78 Å². The number of rotatable bonds is 5. The molecule has 2 aromatic carbocycles. The van der Waals surface area contributed by atoms with Gasteiger partial charge in [0.25, 0.3) is 5.91 Å². The standard InChI is InChI=1S/C26H23BrN2O3S/c1-14(2)32-26(31)23-15(3)16(4)33-25(23)29-24(30)20-13-22(17-8-7-9-18(27)12-17)28-21-11-6-5-10-19(20)21/h5-14H,1-4H3,(H,29,30). The molecule has 5 nitrogen and oxygen atoms in total. The number of nitrogens with zero attached hydrogens (tertiary/aromatic N) is 1. The van der Waals surface area contributed by atoms with Crippen LogP contribution in [0, 0.1) is 13.8 Å². The van der Waals surface area contributed by atoms with E-state index < -0.39 is 5.97 Å². The van der Waals surface area contributed by atoms with E-state index in [2.05, 4.69) is 21.2 Å². The van der Waals surface area contributed by atoms with Gasteiger partial charge in [0, 0.05) is 20.3 Å². The monoisotopic (exact) mass is 522 g/mol. The molecule has 7 heteroatoms. The third-order valence-electron chi connectivity index (χ3n) is 5.24. The second kappa shape index (κ2) is 9.45. The number of anilines is 1. The Kier molecular flexibility index (Phi) is 6.63. The molecule has 0 unspecified atom stereocenters. The molecule has 1 amide bonds. The van der Waals surface area contributed by atoms with E-state index in [9.17, 15) is 9.59 Å². The predicted molar refractivity (Wildman–Crippen MR) is 137 cm³/mol. The Morgan fingerprint density at radius 3 is 2.55 bits per heavy atom. The number of fused-ring (bicyclic) bond motifs is 1. The fourth-order valence-corrected chi connectivity index (χ4v) is 5.01. The first-order valence-corrected chi connectivity index (χ1v) is 12.1. The molecule has 33 heavy (non-hydrogen) atoms. The van der Waals surface area contributed by atoms with E-state index in [0.29, 0.717) is 21.8 Å². The van der Waals surface area contributed by atoms with Crippen LogP contribution in [0.1, 0.15) is 45.0 Å². The van der Waals surface area contributed by atoms with E-state index in [4.69, 9.17) is 9.72 Å². The Balaban J connectivity index is 1.78. The number of nitrogens with one attached hydrogen (secondary N) is 1. The molecule has 4 aromatic rings. The van der Waals surface area contributed by atoms with Gasteiger partial charge in [-0.2, -0.15) is 0 Å². The molecule has 0 saturated heterocycles. The van der Waals surface area contributed by atoms with Crippen molar-refractivity contribution in [3.05, 3.63) is 80.6 Å². The number of pyridine rings is 1. The number of para-hydroxylation sites is 1. The summed E-state index contributed by atoms with van der Waals surface area (Å²) < 4.78 is 6.35. The number of carbonyl (C=O) groups is 2. The van der Waals surface area contributed by atoms with Crippen LogP contribution < -0.4 is 5.32 Å². The molecule has 0 spiro atoms. The van der Waals surface area contributed by atoms with Crippen molar-refractivity contribution in [2.75, 3.05) is 5.32 Å². The van der Waals surface area contributed by atoms with Crippen molar-refractivity contribution in [2.24, 2.45) is 0 Å². The van der Waals surface area contributed by atoms with Gasteiger partial charge in [-0.1, -0.05) is 46.3 Å². The van der Waals surface area contributed by atoms with E-state index in [1.807, 2.05) is 62.4 Å². The number of ether oxygens (including phenoxy) is 1. The number of esters is 1. The summed E-state index contributed by atoms with van der Waals surface area (Å²) in [5.41, 5.74) is 4.02. The molecular weight excluding hydrogens is 500 g/mol. The van der Waals surface area contributed by atoms with E-state index in [1.165, 1.54) is 11.3 Å². The van der Waals surface area contributed by atoms with Gasteiger partial charge in [-0.05, 0) is 57.5 Å². The van der Waals surface area contributed by atoms with Crippen molar-refractivity contribution >= 4 is 55.0 Å². The molecule has 4 rings (SSSR count). The number of aryl methyl sites for hydroxylation is 1. The summed E-state index contributed by atoms with van der Waals surface area (Å²) in [4.78, 5) is 31.9. The van der Waals surface area contributed by atoms with Gasteiger partial charge < -0.3 is 10.1 Å². The highest BCUT2D eigenvalue weighted by Crippen LogP contribution is 2.34. The fourth-order valence-electron chi connectivity index (χ4n) is 3.56. The van der Waals surface area contributed by atoms with Crippen molar-refractivity contribution < 1.29 is 14.3 Å². The van der Waals surface area contributed by atoms with Gasteiger partial charge in [0.2, 0.25) is 0 Å². The van der Waals surface area contributed by atoms with Gasteiger partial charge in [0.15, 0.2) is 0 Å². The highest BCUT2D eigenvalue weighted by atomic mass is 79.9. The topological polar surface area (TPSA) is 68.3 Å². The SMILES string of the molecule is Cc1sc(NC(=O)c2cc(-c3cccc(Br)c3)nc3ccccc23)c(C(=O)OC(C)C)c1C. The quantitative estimate of drug-likeness (QED) is 0.282. The summed E-state index contributed by atoms with van der Waals surface area (Å²) in [5.74, 6) is -0.735. The molecule has 2 heterocycles. The van der Waals surface area contributed by atoms with Crippen molar-refractivity contribution in [1.29, 1.82) is 0 Å². The molecule has 0 bridgehead atoms. The first-order valence-electron chi connectivity index (χ1n) is 10.5. The number of thiophene rings is 1. The maximum atomic E-state index is 13.5. The van der Waals surface area contributed by atoms with Gasteiger partial charge >= 0.3 is 5.97 Å². The first kappa shape index (κ1) is 23.1. The maximum Gasteiger partial charge on any atom is 0.341 e. The zero-order chi connectivity index (χ0) is 23.7. The lowest BCUT2D eigenvalue weighted by Gasteiger charge is -2.12. The minimum Gasteiger partial charge on any atom is -0.459 e. The maximum absolute atomic E-state index is 13.5. The van der Waals surface area contributed by atoms with Crippen LogP contribution in [-0.2, 0) is 4.74 Å². The average Bonchev–Trinajstić information content (AvgIpc) is 3.05. The third kappa shape index (κ3) is 4.84. The molecule has 1 N–H and O–H groups in total. The van der Waals surface area contributed by atoms with Gasteiger partial charge in [-0.15, -0.1) is 11.3 Å². The van der Waals surface area contributed by atoms with Gasteiger partial charge in [-0.3, -0.25) is 4.79 Å². The lowest BCUT2D eigenvalue weighted by atomic mass is 10.0. The predicted octanol–water partition coefficient (Wildman–Crippen LogP) is 7.16. The molecular formula is C26H23BrN2O3S. The van der Waals surface area contributed by atoms with Gasteiger partial charge in [0.1, 0.15) is 5.00 Å².